The first kappa shape index (κ1) is 18.5. The number of anilines is 1. The molecule has 132 valence electrons. The molecular weight excluding hydrogens is 346 g/mol. The molecule has 8 heteroatoms. The highest BCUT2D eigenvalue weighted by Gasteiger charge is 2.19. The molecule has 0 saturated heterocycles. The first-order valence-electron chi connectivity index (χ1n) is 7.21. The van der Waals surface area contributed by atoms with Crippen molar-refractivity contribution < 1.29 is 27.9 Å². The summed E-state index contributed by atoms with van der Waals surface area (Å²) in [7, 11) is -2.80. The molecule has 0 saturated carbocycles. The van der Waals surface area contributed by atoms with Gasteiger partial charge in [0, 0.05) is 0 Å². The van der Waals surface area contributed by atoms with Crippen molar-refractivity contribution in [2.75, 3.05) is 11.8 Å². The molecule has 0 fully saturated rings. The molecule has 7 nitrogen and oxygen atoms in total. The molecule has 0 radical (unpaired) electrons. The molecule has 2 aromatic rings. The average molecular weight is 363 g/mol. The van der Waals surface area contributed by atoms with Crippen molar-refractivity contribution in [3.05, 3.63) is 58.7 Å². The van der Waals surface area contributed by atoms with Crippen LogP contribution in [0.15, 0.2) is 41.3 Å². The molecule has 25 heavy (non-hydrogen) atoms. The number of hydrogen-bond donors (Lipinski definition) is 2. The van der Waals surface area contributed by atoms with E-state index in [-0.39, 0.29) is 21.7 Å². The van der Waals surface area contributed by atoms with Gasteiger partial charge in [0.15, 0.2) is 0 Å². The number of carbonyl (C=O) groups is 2. The molecule has 0 aliphatic rings. The number of rotatable bonds is 5. The van der Waals surface area contributed by atoms with E-state index in [4.69, 9.17) is 5.11 Å². The van der Waals surface area contributed by atoms with E-state index in [1.54, 1.807) is 19.9 Å². The number of benzene rings is 2. The van der Waals surface area contributed by atoms with Gasteiger partial charge in [0.25, 0.3) is 10.0 Å². The molecule has 0 unspecified atom stereocenters. The van der Waals surface area contributed by atoms with Gasteiger partial charge in [0.2, 0.25) is 0 Å². The fourth-order valence-electron chi connectivity index (χ4n) is 2.18. The van der Waals surface area contributed by atoms with Crippen molar-refractivity contribution in [1.29, 1.82) is 0 Å². The van der Waals surface area contributed by atoms with Gasteiger partial charge in [0.1, 0.15) is 0 Å². The van der Waals surface area contributed by atoms with E-state index in [0.29, 0.717) is 11.1 Å². The summed E-state index contributed by atoms with van der Waals surface area (Å²) in [5, 5.41) is 9.15. The molecule has 0 aliphatic carbocycles. The van der Waals surface area contributed by atoms with Gasteiger partial charge in [0.05, 0.1) is 28.8 Å². The van der Waals surface area contributed by atoms with Crippen LogP contribution < -0.4 is 4.72 Å². The Balaban J connectivity index is 2.44. The minimum Gasteiger partial charge on any atom is -0.478 e. The predicted molar refractivity (Wildman–Crippen MR) is 91.5 cm³/mol. The van der Waals surface area contributed by atoms with Crippen molar-refractivity contribution in [2.45, 2.75) is 18.7 Å². The van der Waals surface area contributed by atoms with Crippen LogP contribution in [-0.2, 0) is 14.8 Å². The van der Waals surface area contributed by atoms with Gasteiger partial charge in [-0.25, -0.2) is 18.0 Å². The third-order valence-electron chi connectivity index (χ3n) is 3.65. The molecule has 2 rings (SSSR count). The summed E-state index contributed by atoms with van der Waals surface area (Å²) < 4.78 is 32.1. The normalized spacial score (nSPS) is 11.0. The Morgan fingerprint density at radius 3 is 2.28 bits per heavy atom. The summed E-state index contributed by atoms with van der Waals surface area (Å²) in [4.78, 5) is 22.6. The minimum atomic E-state index is -4.02. The van der Waals surface area contributed by atoms with E-state index < -0.39 is 22.0 Å². The second kappa shape index (κ2) is 6.94. The fourth-order valence-corrected chi connectivity index (χ4v) is 3.33. The van der Waals surface area contributed by atoms with Gasteiger partial charge in [-0.15, -0.1) is 0 Å². The zero-order valence-electron chi connectivity index (χ0n) is 13.9. The van der Waals surface area contributed by atoms with Crippen LogP contribution in [0, 0.1) is 13.8 Å². The summed E-state index contributed by atoms with van der Waals surface area (Å²) >= 11 is 0. The van der Waals surface area contributed by atoms with E-state index in [1.165, 1.54) is 31.4 Å². The van der Waals surface area contributed by atoms with Crippen LogP contribution in [0.25, 0.3) is 0 Å². The zero-order chi connectivity index (χ0) is 18.8. The van der Waals surface area contributed by atoms with Crippen molar-refractivity contribution in [3.8, 4) is 0 Å². The molecule has 0 aliphatic heterocycles. The summed E-state index contributed by atoms with van der Waals surface area (Å²) in [5.74, 6) is -1.80. The monoisotopic (exact) mass is 363 g/mol. The smallest absolute Gasteiger partial charge is 0.337 e. The van der Waals surface area contributed by atoms with E-state index in [0.717, 1.165) is 6.07 Å². The summed E-state index contributed by atoms with van der Waals surface area (Å²) in [6.07, 6.45) is 0. The SMILES string of the molecule is COC(=O)c1ccc(C)c(NS(=O)(=O)c2ccc(C)c(C(=O)O)c2)c1. The summed E-state index contributed by atoms with van der Waals surface area (Å²) in [5.41, 5.74) is 1.36. The summed E-state index contributed by atoms with van der Waals surface area (Å²) in [6.45, 7) is 3.26. The Bertz CT molecular complexity index is 950. The fraction of sp³-hybridized carbons (Fsp3) is 0.176. The first-order chi connectivity index (χ1) is 11.7. The lowest BCUT2D eigenvalue weighted by molar-refractivity contribution is 0.0599. The molecule has 0 aromatic heterocycles. The van der Waals surface area contributed by atoms with E-state index in [1.807, 2.05) is 0 Å². The zero-order valence-corrected chi connectivity index (χ0v) is 14.7. The average Bonchev–Trinajstić information content (AvgIpc) is 2.55. The van der Waals surface area contributed by atoms with E-state index in [9.17, 15) is 18.0 Å². The Hall–Kier alpha value is -2.87. The van der Waals surface area contributed by atoms with Crippen molar-refractivity contribution in [2.24, 2.45) is 0 Å². The van der Waals surface area contributed by atoms with Crippen LogP contribution in [0.4, 0.5) is 5.69 Å². The number of carbonyl (C=O) groups excluding carboxylic acids is 1. The number of ether oxygens (including phenoxy) is 1. The standard InChI is InChI=1S/C17H17NO6S/c1-10-5-7-13(9-14(10)16(19)20)25(22,23)18-15-8-12(17(21)24-3)6-4-11(15)2/h4-9,18H,1-3H3,(H,19,20). The van der Waals surface area contributed by atoms with Gasteiger partial charge in [-0.3, -0.25) is 4.72 Å². The summed E-state index contributed by atoms with van der Waals surface area (Å²) in [6, 6.07) is 8.32. The van der Waals surface area contributed by atoms with Gasteiger partial charge in [-0.2, -0.15) is 0 Å². The maximum absolute atomic E-state index is 12.6. The number of hydrogen-bond acceptors (Lipinski definition) is 5. The van der Waals surface area contributed by atoms with Crippen molar-refractivity contribution >= 4 is 27.6 Å². The number of methoxy groups -OCH3 is 1. The lowest BCUT2D eigenvalue weighted by Crippen LogP contribution is -2.15. The molecule has 0 bridgehead atoms. The largest absolute Gasteiger partial charge is 0.478 e. The Morgan fingerprint density at radius 2 is 1.68 bits per heavy atom. The Labute approximate surface area is 145 Å². The molecule has 0 amide bonds. The minimum absolute atomic E-state index is 0.0945. The number of carboxylic acid groups (broad SMARTS) is 1. The maximum atomic E-state index is 12.6. The van der Waals surface area contributed by atoms with Gasteiger partial charge in [-0.05, 0) is 49.2 Å². The number of carboxylic acids is 1. The number of esters is 1. The molecular formula is C17H17NO6S. The number of aryl methyl sites for hydroxylation is 2. The molecule has 2 aromatic carbocycles. The van der Waals surface area contributed by atoms with Crippen LogP contribution in [0.1, 0.15) is 31.8 Å². The van der Waals surface area contributed by atoms with Crippen LogP contribution in [-0.4, -0.2) is 32.6 Å². The second-order valence-corrected chi connectivity index (χ2v) is 7.09. The van der Waals surface area contributed by atoms with Crippen molar-refractivity contribution in [3.63, 3.8) is 0 Å². The maximum Gasteiger partial charge on any atom is 0.337 e. The highest BCUT2D eigenvalue weighted by atomic mass is 32.2. The topological polar surface area (TPSA) is 110 Å². The third-order valence-corrected chi connectivity index (χ3v) is 5.02. The number of aromatic carboxylic acids is 1. The quantitative estimate of drug-likeness (QED) is 0.790. The molecule has 0 spiro atoms. The molecule has 2 N–H and O–H groups in total. The Morgan fingerprint density at radius 1 is 1.04 bits per heavy atom. The molecule has 0 heterocycles. The number of nitrogens with one attached hydrogen (secondary N) is 1. The van der Waals surface area contributed by atoms with Crippen LogP contribution in [0.2, 0.25) is 0 Å². The third kappa shape index (κ3) is 3.97. The lowest BCUT2D eigenvalue weighted by atomic mass is 10.1. The van der Waals surface area contributed by atoms with E-state index in [2.05, 4.69) is 9.46 Å². The van der Waals surface area contributed by atoms with Crippen LogP contribution >= 0.6 is 0 Å². The van der Waals surface area contributed by atoms with Gasteiger partial charge < -0.3 is 9.84 Å². The highest BCUT2D eigenvalue weighted by Crippen LogP contribution is 2.23. The van der Waals surface area contributed by atoms with Crippen LogP contribution in [0.3, 0.4) is 0 Å². The number of sulfonamides is 1. The van der Waals surface area contributed by atoms with Crippen molar-refractivity contribution in [1.82, 2.24) is 0 Å². The lowest BCUT2D eigenvalue weighted by Gasteiger charge is -2.13. The highest BCUT2D eigenvalue weighted by molar-refractivity contribution is 7.92. The Kier molecular flexibility index (Phi) is 5.13. The van der Waals surface area contributed by atoms with Gasteiger partial charge >= 0.3 is 11.9 Å². The van der Waals surface area contributed by atoms with Crippen LogP contribution in [0.5, 0.6) is 0 Å². The van der Waals surface area contributed by atoms with E-state index >= 15 is 0 Å². The molecule has 0 atom stereocenters. The first-order valence-corrected chi connectivity index (χ1v) is 8.70. The predicted octanol–water partition coefficient (Wildman–Crippen LogP) is 2.59. The second-order valence-electron chi connectivity index (χ2n) is 5.41. The van der Waals surface area contributed by atoms with Gasteiger partial charge in [-0.1, -0.05) is 12.1 Å².